The van der Waals surface area contributed by atoms with Crippen molar-refractivity contribution in [2.45, 2.75) is 0 Å². The van der Waals surface area contributed by atoms with Gasteiger partial charge in [-0.2, -0.15) is 10.5 Å². The molecule has 0 aromatic carbocycles. The van der Waals surface area contributed by atoms with Gasteiger partial charge in [0.25, 0.3) is 0 Å². The zero-order valence-corrected chi connectivity index (χ0v) is 7.75. The predicted octanol–water partition coefficient (Wildman–Crippen LogP) is 1.62. The first-order chi connectivity index (χ1) is 7.35. The van der Waals surface area contributed by atoms with Gasteiger partial charge >= 0.3 is 0 Å². The average molecular weight is 194 g/mol. The summed E-state index contributed by atoms with van der Waals surface area (Å²) in [7, 11) is 0. The van der Waals surface area contributed by atoms with Crippen LogP contribution < -0.4 is 0 Å². The Bertz CT molecular complexity index is 569. The first-order valence-electron chi connectivity index (χ1n) is 4.29. The summed E-state index contributed by atoms with van der Waals surface area (Å²) in [6.45, 7) is 0. The van der Waals surface area contributed by atoms with Crippen LogP contribution >= 0.6 is 0 Å². The van der Waals surface area contributed by atoms with Crippen LogP contribution in [0.1, 0.15) is 11.3 Å². The Kier molecular flexibility index (Phi) is 2.19. The van der Waals surface area contributed by atoms with Gasteiger partial charge in [0, 0.05) is 12.4 Å². The van der Waals surface area contributed by atoms with Crippen molar-refractivity contribution >= 4 is 0 Å². The largest absolute Gasteiger partial charge is 0.293 e. The maximum atomic E-state index is 8.83. The number of rotatable bonds is 1. The van der Waals surface area contributed by atoms with E-state index < -0.39 is 0 Å². The van der Waals surface area contributed by atoms with Crippen LogP contribution in [-0.2, 0) is 0 Å². The molecule has 0 aliphatic carbocycles. The Morgan fingerprint density at radius 3 is 2.80 bits per heavy atom. The van der Waals surface area contributed by atoms with E-state index in [-0.39, 0.29) is 0 Å². The van der Waals surface area contributed by atoms with E-state index >= 15 is 0 Å². The smallest absolute Gasteiger partial charge is 0.138 e. The molecule has 15 heavy (non-hydrogen) atoms. The van der Waals surface area contributed by atoms with Gasteiger partial charge in [-0.3, -0.25) is 4.57 Å². The van der Waals surface area contributed by atoms with Crippen molar-refractivity contribution in [3.05, 3.63) is 47.9 Å². The van der Waals surface area contributed by atoms with Crippen molar-refractivity contribution in [2.24, 2.45) is 0 Å². The Labute approximate surface area is 86.6 Å². The van der Waals surface area contributed by atoms with E-state index in [0.29, 0.717) is 17.1 Å². The summed E-state index contributed by atoms with van der Waals surface area (Å²) in [5, 5.41) is 17.6. The van der Waals surface area contributed by atoms with Gasteiger partial charge in [-0.15, -0.1) is 0 Å². The molecule has 2 aromatic heterocycles. The van der Waals surface area contributed by atoms with E-state index in [2.05, 4.69) is 11.1 Å². The molecule has 0 spiro atoms. The third-order valence-electron chi connectivity index (χ3n) is 1.98. The molecule has 0 amide bonds. The Balaban J connectivity index is 2.56. The van der Waals surface area contributed by atoms with Crippen LogP contribution in [0, 0.1) is 22.7 Å². The Morgan fingerprint density at radius 1 is 1.20 bits per heavy atom. The monoisotopic (exact) mass is 194 g/mol. The van der Waals surface area contributed by atoms with Crippen LogP contribution in [0.2, 0.25) is 0 Å². The molecule has 4 heteroatoms. The molecule has 2 rings (SSSR count). The van der Waals surface area contributed by atoms with Crippen LogP contribution in [0.4, 0.5) is 0 Å². The van der Waals surface area contributed by atoms with Gasteiger partial charge in [-0.25, -0.2) is 4.98 Å². The van der Waals surface area contributed by atoms with Crippen LogP contribution in [0.25, 0.3) is 5.82 Å². The topological polar surface area (TPSA) is 65.4 Å². The molecular weight excluding hydrogens is 188 g/mol. The SMILES string of the molecule is N#Cc1ccnc(-n2cccc2C#N)c1. The third-order valence-corrected chi connectivity index (χ3v) is 1.98. The summed E-state index contributed by atoms with van der Waals surface area (Å²) in [5.41, 5.74) is 1.02. The highest BCUT2D eigenvalue weighted by atomic mass is 15.1. The zero-order chi connectivity index (χ0) is 10.7. The lowest BCUT2D eigenvalue weighted by Gasteiger charge is -2.02. The summed E-state index contributed by atoms with van der Waals surface area (Å²) in [5.74, 6) is 0.579. The average Bonchev–Trinajstić information content (AvgIpc) is 2.77. The molecule has 0 N–H and O–H groups in total. The first kappa shape index (κ1) is 8.98. The van der Waals surface area contributed by atoms with Gasteiger partial charge in [0.2, 0.25) is 0 Å². The third kappa shape index (κ3) is 1.56. The molecule has 0 saturated heterocycles. The zero-order valence-electron chi connectivity index (χ0n) is 7.75. The van der Waals surface area contributed by atoms with Gasteiger partial charge in [0.15, 0.2) is 0 Å². The molecule has 0 radical (unpaired) electrons. The first-order valence-corrected chi connectivity index (χ1v) is 4.29. The van der Waals surface area contributed by atoms with E-state index in [1.165, 1.54) is 0 Å². The van der Waals surface area contributed by atoms with Crippen LogP contribution in [-0.4, -0.2) is 9.55 Å². The highest BCUT2D eigenvalue weighted by Crippen LogP contribution is 2.10. The maximum absolute atomic E-state index is 8.83. The van der Waals surface area contributed by atoms with Gasteiger partial charge in [-0.1, -0.05) is 0 Å². The number of nitrogens with zero attached hydrogens (tertiary/aromatic N) is 4. The van der Waals surface area contributed by atoms with Gasteiger partial charge in [0.1, 0.15) is 17.6 Å². The van der Waals surface area contributed by atoms with Crippen molar-refractivity contribution in [1.82, 2.24) is 9.55 Å². The van der Waals surface area contributed by atoms with Gasteiger partial charge in [-0.05, 0) is 24.3 Å². The minimum Gasteiger partial charge on any atom is -0.293 e. The van der Waals surface area contributed by atoms with E-state index in [9.17, 15) is 0 Å². The van der Waals surface area contributed by atoms with Crippen molar-refractivity contribution in [1.29, 1.82) is 10.5 Å². The lowest BCUT2D eigenvalue weighted by molar-refractivity contribution is 0.987. The molecule has 0 aliphatic rings. The van der Waals surface area contributed by atoms with E-state index in [1.807, 2.05) is 6.07 Å². The Hall–Kier alpha value is -2.59. The number of nitriles is 2. The van der Waals surface area contributed by atoms with E-state index in [1.54, 1.807) is 41.2 Å². The highest BCUT2D eigenvalue weighted by Gasteiger charge is 2.03. The minimum atomic E-state index is 0.498. The second-order valence-corrected chi connectivity index (χ2v) is 2.89. The van der Waals surface area contributed by atoms with Crippen LogP contribution in [0.15, 0.2) is 36.7 Å². The number of hydrogen-bond acceptors (Lipinski definition) is 3. The molecule has 2 aromatic rings. The molecule has 4 nitrogen and oxygen atoms in total. The Morgan fingerprint density at radius 2 is 2.07 bits per heavy atom. The molecule has 0 fully saturated rings. The summed E-state index contributed by atoms with van der Waals surface area (Å²) in [4.78, 5) is 4.10. The molecule has 70 valence electrons. The van der Waals surface area contributed by atoms with Gasteiger partial charge in [0.05, 0.1) is 11.6 Å². The summed E-state index contributed by atoms with van der Waals surface area (Å²) < 4.78 is 1.64. The molecule has 0 atom stereocenters. The quantitative estimate of drug-likeness (QED) is 0.692. The van der Waals surface area contributed by atoms with Crippen molar-refractivity contribution < 1.29 is 0 Å². The van der Waals surface area contributed by atoms with Gasteiger partial charge < -0.3 is 0 Å². The summed E-state index contributed by atoms with van der Waals surface area (Å²) in [6, 6.07) is 10.8. The lowest BCUT2D eigenvalue weighted by atomic mass is 10.3. The van der Waals surface area contributed by atoms with Crippen LogP contribution in [0.5, 0.6) is 0 Å². The molecule has 0 saturated carbocycles. The van der Waals surface area contributed by atoms with E-state index in [4.69, 9.17) is 10.5 Å². The molecule has 2 heterocycles. The second-order valence-electron chi connectivity index (χ2n) is 2.89. The van der Waals surface area contributed by atoms with Crippen molar-refractivity contribution in [3.8, 4) is 18.0 Å². The maximum Gasteiger partial charge on any atom is 0.138 e. The van der Waals surface area contributed by atoms with E-state index in [0.717, 1.165) is 0 Å². The molecule has 0 bridgehead atoms. The predicted molar refractivity (Wildman–Crippen MR) is 53.0 cm³/mol. The fourth-order valence-electron chi connectivity index (χ4n) is 1.29. The highest BCUT2D eigenvalue weighted by molar-refractivity contribution is 5.39. The summed E-state index contributed by atoms with van der Waals surface area (Å²) in [6.07, 6.45) is 3.29. The fourth-order valence-corrected chi connectivity index (χ4v) is 1.29. The minimum absolute atomic E-state index is 0.498. The van der Waals surface area contributed by atoms with Crippen molar-refractivity contribution in [3.63, 3.8) is 0 Å². The second kappa shape index (κ2) is 3.65. The molecule has 0 aliphatic heterocycles. The fraction of sp³-hybridized carbons (Fsp3) is 0. The number of pyridine rings is 1. The normalized spacial score (nSPS) is 9.20. The summed E-state index contributed by atoms with van der Waals surface area (Å²) >= 11 is 0. The molecular formula is C11H6N4. The number of hydrogen-bond donors (Lipinski definition) is 0. The van der Waals surface area contributed by atoms with Crippen LogP contribution in [0.3, 0.4) is 0 Å². The van der Waals surface area contributed by atoms with Crippen molar-refractivity contribution in [2.75, 3.05) is 0 Å². The number of aromatic nitrogens is 2. The lowest BCUT2D eigenvalue weighted by Crippen LogP contribution is -1.98. The standard InChI is InChI=1S/C11H6N4/c12-7-9-3-4-14-11(6-9)15-5-1-2-10(15)8-13/h1-6H. The molecule has 0 unspecified atom stereocenters.